The number of hydrogen-bond acceptors (Lipinski definition) is 4. The van der Waals surface area contributed by atoms with E-state index in [1.165, 1.54) is 19.2 Å². The third-order valence-corrected chi connectivity index (χ3v) is 4.11. The van der Waals surface area contributed by atoms with Crippen molar-refractivity contribution in [2.75, 3.05) is 20.3 Å². The molecule has 0 spiro atoms. The molecule has 0 aliphatic carbocycles. The first-order chi connectivity index (χ1) is 11.0. The van der Waals surface area contributed by atoms with E-state index in [0.29, 0.717) is 38.4 Å². The summed E-state index contributed by atoms with van der Waals surface area (Å²) in [5.41, 5.74) is 6.49. The molecule has 0 aromatic heterocycles. The Bertz CT molecular complexity index is 731. The van der Waals surface area contributed by atoms with Crippen LogP contribution in [0.4, 0.5) is 4.39 Å². The van der Waals surface area contributed by atoms with E-state index in [1.807, 2.05) is 0 Å². The van der Waals surface area contributed by atoms with E-state index in [2.05, 4.69) is 0 Å². The lowest BCUT2D eigenvalue weighted by molar-refractivity contribution is 0.0971. The highest BCUT2D eigenvalue weighted by Crippen LogP contribution is 2.47. The van der Waals surface area contributed by atoms with Crippen LogP contribution in [-0.2, 0) is 0 Å². The molecule has 0 fully saturated rings. The van der Waals surface area contributed by atoms with Gasteiger partial charge in [-0.05, 0) is 18.2 Å². The number of rotatable bonds is 3. The third kappa shape index (κ3) is 3.04. The molecule has 122 valence electrons. The van der Waals surface area contributed by atoms with Crippen LogP contribution in [0.25, 0.3) is 11.1 Å². The van der Waals surface area contributed by atoms with Gasteiger partial charge in [-0.2, -0.15) is 0 Å². The van der Waals surface area contributed by atoms with Gasteiger partial charge in [0.05, 0.1) is 17.2 Å². The normalized spacial score (nSPS) is 16.3. The molecule has 0 bridgehead atoms. The first-order valence-corrected chi connectivity index (χ1v) is 7.65. The van der Waals surface area contributed by atoms with Gasteiger partial charge in [-0.15, -0.1) is 0 Å². The molecule has 1 atom stereocenters. The first kappa shape index (κ1) is 16.2. The van der Waals surface area contributed by atoms with Gasteiger partial charge in [0.1, 0.15) is 24.3 Å². The second-order valence-electron chi connectivity index (χ2n) is 5.03. The van der Waals surface area contributed by atoms with E-state index >= 15 is 0 Å². The van der Waals surface area contributed by atoms with Crippen LogP contribution in [0.1, 0.15) is 0 Å². The summed E-state index contributed by atoms with van der Waals surface area (Å²) in [7, 11) is 1.51. The van der Waals surface area contributed by atoms with Crippen LogP contribution in [0, 0.1) is 5.82 Å². The summed E-state index contributed by atoms with van der Waals surface area (Å²) < 4.78 is 30.4. The predicted octanol–water partition coefficient (Wildman–Crippen LogP) is 3.91. The van der Waals surface area contributed by atoms with E-state index in [-0.39, 0.29) is 19.3 Å². The number of ether oxygens (including phenoxy) is 3. The topological polar surface area (TPSA) is 53.7 Å². The van der Waals surface area contributed by atoms with Crippen molar-refractivity contribution in [3.63, 3.8) is 0 Å². The van der Waals surface area contributed by atoms with Crippen molar-refractivity contribution in [2.24, 2.45) is 5.73 Å². The molecular weight excluding hydrogens is 344 g/mol. The van der Waals surface area contributed by atoms with E-state index in [9.17, 15) is 4.39 Å². The highest BCUT2D eigenvalue weighted by molar-refractivity contribution is 6.39. The van der Waals surface area contributed by atoms with Gasteiger partial charge >= 0.3 is 0 Å². The Morgan fingerprint density at radius 3 is 2.57 bits per heavy atom. The number of nitrogens with two attached hydrogens (primary N) is 1. The van der Waals surface area contributed by atoms with Crippen molar-refractivity contribution in [3.05, 3.63) is 40.1 Å². The van der Waals surface area contributed by atoms with Gasteiger partial charge in [0.15, 0.2) is 11.5 Å². The third-order valence-electron chi connectivity index (χ3n) is 3.51. The fourth-order valence-corrected chi connectivity index (χ4v) is 3.08. The number of methoxy groups -OCH3 is 1. The van der Waals surface area contributed by atoms with E-state index < -0.39 is 5.82 Å². The van der Waals surface area contributed by atoms with Crippen LogP contribution in [-0.4, -0.2) is 26.4 Å². The molecule has 23 heavy (non-hydrogen) atoms. The maximum absolute atomic E-state index is 14.0. The van der Waals surface area contributed by atoms with Crippen LogP contribution in [0.5, 0.6) is 17.2 Å². The summed E-state index contributed by atoms with van der Waals surface area (Å²) in [6, 6.07) is 5.77. The second-order valence-corrected chi connectivity index (χ2v) is 5.85. The largest absolute Gasteiger partial charge is 0.497 e. The minimum atomic E-state index is -0.475. The van der Waals surface area contributed by atoms with Gasteiger partial charge in [0, 0.05) is 23.7 Å². The molecule has 3 rings (SSSR count). The van der Waals surface area contributed by atoms with Crippen LogP contribution in [0.2, 0.25) is 10.0 Å². The molecule has 0 saturated heterocycles. The molecule has 2 aromatic rings. The summed E-state index contributed by atoms with van der Waals surface area (Å²) >= 11 is 12.6. The Balaban J connectivity index is 2.19. The molecule has 1 aliphatic rings. The van der Waals surface area contributed by atoms with Crippen molar-refractivity contribution in [3.8, 4) is 28.4 Å². The highest BCUT2D eigenvalue weighted by Gasteiger charge is 2.26. The van der Waals surface area contributed by atoms with Crippen molar-refractivity contribution in [2.45, 2.75) is 6.10 Å². The van der Waals surface area contributed by atoms with Crippen LogP contribution >= 0.6 is 23.2 Å². The average molecular weight is 358 g/mol. The van der Waals surface area contributed by atoms with Gasteiger partial charge in [0.2, 0.25) is 0 Å². The molecule has 0 unspecified atom stereocenters. The van der Waals surface area contributed by atoms with Crippen LogP contribution in [0.15, 0.2) is 24.3 Å². The summed E-state index contributed by atoms with van der Waals surface area (Å²) in [5.74, 6) is 0.706. The summed E-state index contributed by atoms with van der Waals surface area (Å²) in [4.78, 5) is 0. The van der Waals surface area contributed by atoms with E-state index in [4.69, 9.17) is 43.1 Å². The first-order valence-electron chi connectivity index (χ1n) is 6.90. The fraction of sp³-hybridized carbons (Fsp3) is 0.250. The molecule has 2 N–H and O–H groups in total. The Kier molecular flexibility index (Phi) is 4.53. The Hall–Kier alpha value is -1.69. The molecule has 4 nitrogen and oxygen atoms in total. The SMILES string of the molecule is COc1cc(Cl)c(-c2cc(F)cc3c2O[C@@H](CN)CO3)c(Cl)c1. The lowest BCUT2D eigenvalue weighted by Crippen LogP contribution is -2.36. The number of fused-ring (bicyclic) bond motifs is 1. The summed E-state index contributed by atoms with van der Waals surface area (Å²) in [5, 5.41) is 0.640. The maximum atomic E-state index is 14.0. The summed E-state index contributed by atoms with van der Waals surface area (Å²) in [6.07, 6.45) is -0.317. The lowest BCUT2D eigenvalue weighted by atomic mass is 10.0. The molecule has 0 saturated carbocycles. The van der Waals surface area contributed by atoms with Gasteiger partial charge in [-0.3, -0.25) is 0 Å². The quantitative estimate of drug-likeness (QED) is 0.904. The van der Waals surface area contributed by atoms with E-state index in [0.717, 1.165) is 0 Å². The lowest BCUT2D eigenvalue weighted by Gasteiger charge is -2.28. The maximum Gasteiger partial charge on any atom is 0.169 e. The minimum Gasteiger partial charge on any atom is -0.497 e. The van der Waals surface area contributed by atoms with E-state index in [1.54, 1.807) is 12.1 Å². The van der Waals surface area contributed by atoms with Gasteiger partial charge in [-0.25, -0.2) is 4.39 Å². The fourth-order valence-electron chi connectivity index (χ4n) is 2.41. The monoisotopic (exact) mass is 357 g/mol. The minimum absolute atomic E-state index is 0.260. The predicted molar refractivity (Wildman–Crippen MR) is 87.4 cm³/mol. The Morgan fingerprint density at radius 2 is 1.96 bits per heavy atom. The average Bonchev–Trinajstić information content (AvgIpc) is 2.53. The van der Waals surface area contributed by atoms with Gasteiger partial charge in [-0.1, -0.05) is 23.2 Å². The molecule has 0 amide bonds. The van der Waals surface area contributed by atoms with Crippen LogP contribution in [0.3, 0.4) is 0 Å². The molecule has 0 radical (unpaired) electrons. The zero-order chi connectivity index (χ0) is 16.6. The zero-order valence-electron chi connectivity index (χ0n) is 12.2. The molecule has 7 heteroatoms. The van der Waals surface area contributed by atoms with Crippen molar-refractivity contribution >= 4 is 23.2 Å². The smallest absolute Gasteiger partial charge is 0.169 e. The number of halogens is 3. The zero-order valence-corrected chi connectivity index (χ0v) is 13.7. The number of hydrogen-bond donors (Lipinski definition) is 1. The van der Waals surface area contributed by atoms with Gasteiger partial charge < -0.3 is 19.9 Å². The van der Waals surface area contributed by atoms with Crippen molar-refractivity contribution in [1.29, 1.82) is 0 Å². The molecule has 1 aliphatic heterocycles. The van der Waals surface area contributed by atoms with Crippen molar-refractivity contribution < 1.29 is 18.6 Å². The van der Waals surface area contributed by atoms with Gasteiger partial charge in [0.25, 0.3) is 0 Å². The Labute approximate surface area is 142 Å². The highest BCUT2D eigenvalue weighted by atomic mass is 35.5. The molecule has 2 aromatic carbocycles. The second kappa shape index (κ2) is 6.43. The summed E-state index contributed by atoms with van der Waals surface area (Å²) in [6.45, 7) is 0.538. The molecular formula is C16H14Cl2FNO3. The number of benzene rings is 2. The Morgan fingerprint density at radius 1 is 1.26 bits per heavy atom. The van der Waals surface area contributed by atoms with Crippen LogP contribution < -0.4 is 19.9 Å². The standard InChI is InChI=1S/C16H14Cl2FNO3/c1-21-9-4-12(17)15(13(18)5-9)11-2-8(19)3-14-16(11)23-10(6-20)7-22-14/h2-5,10H,6-7,20H2,1H3/t10-/m0/s1. The van der Waals surface area contributed by atoms with Crippen molar-refractivity contribution in [1.82, 2.24) is 0 Å². The molecule has 1 heterocycles.